The van der Waals surface area contributed by atoms with E-state index in [0.717, 1.165) is 12.1 Å². The molecule has 0 radical (unpaired) electrons. The predicted octanol–water partition coefficient (Wildman–Crippen LogP) is 3.18. The van der Waals surface area contributed by atoms with Gasteiger partial charge in [0.05, 0.1) is 6.57 Å². The monoisotopic (exact) mass is 388 g/mol. The number of rotatable bonds is 2. The second kappa shape index (κ2) is 8.35. The molecular formula is C18H4F4N2O4. The van der Waals surface area contributed by atoms with Crippen molar-refractivity contribution >= 4 is 17.6 Å². The van der Waals surface area contributed by atoms with Gasteiger partial charge in [-0.05, 0) is 24.3 Å². The molecule has 0 bridgehead atoms. The summed E-state index contributed by atoms with van der Waals surface area (Å²) < 4.78 is 62.8. The average molecular weight is 388 g/mol. The van der Waals surface area contributed by atoms with Crippen molar-refractivity contribution in [3.8, 4) is 29.4 Å². The van der Waals surface area contributed by atoms with Gasteiger partial charge < -0.3 is 9.47 Å². The molecule has 10 heteroatoms. The first-order valence-corrected chi connectivity index (χ1v) is 6.97. The van der Waals surface area contributed by atoms with Gasteiger partial charge in [-0.15, -0.1) is 0 Å². The Bertz CT molecular complexity index is 1050. The van der Waals surface area contributed by atoms with Gasteiger partial charge in [-0.2, -0.15) is 5.26 Å². The highest BCUT2D eigenvalue weighted by molar-refractivity contribution is 5.99. The van der Waals surface area contributed by atoms with Crippen LogP contribution in [-0.2, 0) is 9.59 Å². The van der Waals surface area contributed by atoms with Gasteiger partial charge in [0.25, 0.3) is 5.69 Å². The summed E-state index contributed by atoms with van der Waals surface area (Å²) >= 11 is 0. The maximum atomic E-state index is 13.8. The lowest BCUT2D eigenvalue weighted by Crippen LogP contribution is -2.10. The second-order valence-corrected chi connectivity index (χ2v) is 4.70. The summed E-state index contributed by atoms with van der Waals surface area (Å²) in [6, 6.07) is 4.06. The predicted molar refractivity (Wildman–Crippen MR) is 82.7 cm³/mol. The van der Waals surface area contributed by atoms with E-state index < -0.39 is 58.0 Å². The van der Waals surface area contributed by atoms with Crippen molar-refractivity contribution in [1.82, 2.24) is 0 Å². The minimum absolute atomic E-state index is 0.679. The highest BCUT2D eigenvalue weighted by atomic mass is 19.1. The zero-order chi connectivity index (χ0) is 20.8. The Morgan fingerprint density at radius 1 is 0.893 bits per heavy atom. The fourth-order valence-corrected chi connectivity index (χ4v) is 1.77. The van der Waals surface area contributed by atoms with Gasteiger partial charge in [-0.1, -0.05) is 0 Å². The maximum Gasteiger partial charge on any atom is 0.390 e. The molecule has 0 spiro atoms. The van der Waals surface area contributed by atoms with E-state index in [9.17, 15) is 27.2 Å². The standard InChI is InChI=1S/C18H4F4N2O4/c1-24-18-11(20)3-5-13(17(18)22)28-15(26)7-6-14(25)27-12-4-2-10(19)9(8-23)16(12)21/h2-5H. The van der Waals surface area contributed by atoms with Crippen molar-refractivity contribution < 1.29 is 36.6 Å². The Balaban J connectivity index is 2.13. The molecule has 0 aromatic heterocycles. The van der Waals surface area contributed by atoms with E-state index in [0.29, 0.717) is 12.1 Å². The van der Waals surface area contributed by atoms with Crippen LogP contribution in [0.5, 0.6) is 11.5 Å². The molecule has 6 nitrogen and oxygen atoms in total. The normalized spacial score (nSPS) is 9.36. The number of halogens is 4. The molecule has 0 aliphatic carbocycles. The molecule has 0 aliphatic rings. The van der Waals surface area contributed by atoms with Crippen LogP contribution in [0.25, 0.3) is 4.85 Å². The van der Waals surface area contributed by atoms with Crippen molar-refractivity contribution in [2.24, 2.45) is 0 Å². The molecule has 2 rings (SSSR count). The highest BCUT2D eigenvalue weighted by Gasteiger charge is 2.18. The second-order valence-electron chi connectivity index (χ2n) is 4.70. The van der Waals surface area contributed by atoms with E-state index in [1.54, 1.807) is 11.8 Å². The summed E-state index contributed by atoms with van der Waals surface area (Å²) in [5.41, 5.74) is -1.99. The zero-order valence-electron chi connectivity index (χ0n) is 13.3. The van der Waals surface area contributed by atoms with Crippen molar-refractivity contribution in [2.45, 2.75) is 0 Å². The number of hydrogen-bond acceptors (Lipinski definition) is 5. The highest BCUT2D eigenvalue weighted by Crippen LogP contribution is 2.29. The summed E-state index contributed by atoms with van der Waals surface area (Å²) in [5.74, 6) is -6.55. The largest absolute Gasteiger partial charge is 0.415 e. The van der Waals surface area contributed by atoms with Crippen LogP contribution in [0.1, 0.15) is 5.56 Å². The van der Waals surface area contributed by atoms with Crippen molar-refractivity contribution in [1.29, 1.82) is 5.26 Å². The van der Waals surface area contributed by atoms with E-state index in [1.165, 1.54) is 6.07 Å². The Morgan fingerprint density at radius 3 is 1.89 bits per heavy atom. The van der Waals surface area contributed by atoms with Gasteiger partial charge >= 0.3 is 11.9 Å². The van der Waals surface area contributed by atoms with Crippen LogP contribution in [0, 0.1) is 53.0 Å². The van der Waals surface area contributed by atoms with Crippen LogP contribution in [0.2, 0.25) is 0 Å². The number of nitrogens with zero attached hydrogens (tertiary/aromatic N) is 2. The number of esters is 2. The third-order valence-corrected chi connectivity index (χ3v) is 2.98. The third kappa shape index (κ3) is 4.24. The van der Waals surface area contributed by atoms with E-state index in [-0.39, 0.29) is 0 Å². The van der Waals surface area contributed by atoms with Crippen molar-refractivity contribution in [2.75, 3.05) is 0 Å². The molecule has 0 atom stereocenters. The minimum atomic E-state index is -1.47. The number of benzene rings is 2. The molecule has 0 aliphatic heterocycles. The molecular weight excluding hydrogens is 384 g/mol. The smallest absolute Gasteiger partial charge is 0.390 e. The van der Waals surface area contributed by atoms with Gasteiger partial charge in [0.15, 0.2) is 23.1 Å². The minimum Gasteiger partial charge on any atom is -0.415 e. The number of ether oxygens (including phenoxy) is 2. The lowest BCUT2D eigenvalue weighted by molar-refractivity contribution is -0.130. The molecule has 0 saturated heterocycles. The van der Waals surface area contributed by atoms with Crippen LogP contribution in [0.3, 0.4) is 0 Å². The van der Waals surface area contributed by atoms with E-state index in [1.807, 2.05) is 0 Å². The third-order valence-electron chi connectivity index (χ3n) is 2.98. The molecule has 28 heavy (non-hydrogen) atoms. The van der Waals surface area contributed by atoms with Crippen molar-refractivity contribution in [3.63, 3.8) is 0 Å². The van der Waals surface area contributed by atoms with Crippen molar-refractivity contribution in [3.05, 3.63) is 64.5 Å². The van der Waals surface area contributed by atoms with E-state index in [2.05, 4.69) is 14.3 Å². The summed E-state index contributed by atoms with van der Waals surface area (Å²) in [5, 5.41) is 8.62. The van der Waals surface area contributed by atoms with Crippen LogP contribution in [0.4, 0.5) is 23.2 Å². The van der Waals surface area contributed by atoms with Gasteiger partial charge in [-0.25, -0.2) is 32.0 Å². The SMILES string of the molecule is [C-]#[N+]c1c(F)ccc(OC(=O)C#CC(=O)Oc2ccc(F)c(C#N)c2F)c1F. The Kier molecular flexibility index (Phi) is 5.95. The summed E-state index contributed by atoms with van der Waals surface area (Å²) in [6.07, 6.45) is 0. The van der Waals surface area contributed by atoms with Gasteiger partial charge in [0.2, 0.25) is 0 Å². The van der Waals surface area contributed by atoms with Gasteiger partial charge in [0, 0.05) is 11.8 Å². The number of carbonyl (C=O) groups is 2. The molecule has 138 valence electrons. The molecule has 2 aromatic rings. The van der Waals surface area contributed by atoms with Crippen LogP contribution in [0.15, 0.2) is 24.3 Å². The van der Waals surface area contributed by atoms with Crippen LogP contribution < -0.4 is 9.47 Å². The quantitative estimate of drug-likeness (QED) is 0.197. The fourth-order valence-electron chi connectivity index (χ4n) is 1.77. The first-order valence-electron chi connectivity index (χ1n) is 6.97. The van der Waals surface area contributed by atoms with E-state index >= 15 is 0 Å². The molecule has 0 heterocycles. The number of carbonyl (C=O) groups excluding carboxylic acids is 2. The number of hydrogen-bond donors (Lipinski definition) is 0. The average Bonchev–Trinajstić information content (AvgIpc) is 2.65. The zero-order valence-corrected chi connectivity index (χ0v) is 13.3. The molecule has 0 amide bonds. The van der Waals surface area contributed by atoms with E-state index in [4.69, 9.17) is 11.8 Å². The molecule has 2 aromatic carbocycles. The summed E-state index contributed by atoms with van der Waals surface area (Å²) in [4.78, 5) is 25.6. The maximum absolute atomic E-state index is 13.8. The Hall–Kier alpha value is -4.36. The lowest BCUT2D eigenvalue weighted by atomic mass is 10.2. The molecule has 0 unspecified atom stereocenters. The Labute approximate surface area is 154 Å². The summed E-state index contributed by atoms with van der Waals surface area (Å²) in [6.45, 7) is 6.65. The van der Waals surface area contributed by atoms with Gasteiger partial charge in [0.1, 0.15) is 23.3 Å². The first kappa shape index (κ1) is 20.0. The van der Waals surface area contributed by atoms with Crippen LogP contribution >= 0.6 is 0 Å². The Morgan fingerprint density at radius 2 is 1.39 bits per heavy atom. The van der Waals surface area contributed by atoms with Crippen LogP contribution in [-0.4, -0.2) is 11.9 Å². The number of nitriles is 1. The van der Waals surface area contributed by atoms with Gasteiger partial charge in [-0.3, -0.25) is 0 Å². The lowest BCUT2D eigenvalue weighted by Gasteiger charge is -2.04. The fraction of sp³-hybridized carbons (Fsp3) is 0. The summed E-state index contributed by atoms with van der Waals surface area (Å²) in [7, 11) is 0. The molecule has 0 N–H and O–H groups in total. The topological polar surface area (TPSA) is 80.8 Å². The molecule has 0 fully saturated rings. The molecule has 0 saturated carbocycles. The first-order chi connectivity index (χ1) is 13.3.